The van der Waals surface area contributed by atoms with E-state index in [-0.39, 0.29) is 43.5 Å². The van der Waals surface area contributed by atoms with Gasteiger partial charge in [0.1, 0.15) is 6.04 Å². The highest BCUT2D eigenvalue weighted by atomic mass is 35.5. The molecule has 0 bridgehead atoms. The number of allylic oxidation sites excluding steroid dienone is 5. The molecule has 240 valence electrons. The van der Waals surface area contributed by atoms with E-state index in [0.29, 0.717) is 30.0 Å². The lowest BCUT2D eigenvalue weighted by atomic mass is 10.0. The SMILES string of the molecule is C=C/C=C\C(C)=C/C.CC.CC.NC(=O)CNC(=O)C1CCCCN1C(=O)CNC(=O)CCCC(=O)c1ccc(Cl)cc1. The molecule has 1 saturated heterocycles. The lowest BCUT2D eigenvalue weighted by Crippen LogP contribution is -2.54. The van der Waals surface area contributed by atoms with Crippen molar-refractivity contribution in [1.29, 1.82) is 0 Å². The molecule has 1 heterocycles. The third-order valence-corrected chi connectivity index (χ3v) is 6.18. The second-order valence-electron chi connectivity index (χ2n) is 8.97. The summed E-state index contributed by atoms with van der Waals surface area (Å²) in [6, 6.07) is 5.86. The number of carbonyl (C=O) groups excluding carboxylic acids is 5. The van der Waals surface area contributed by atoms with E-state index in [4.69, 9.17) is 17.3 Å². The molecule has 0 spiro atoms. The first-order valence-corrected chi connectivity index (χ1v) is 15.3. The smallest absolute Gasteiger partial charge is 0.243 e. The van der Waals surface area contributed by atoms with Gasteiger partial charge in [-0.15, -0.1) is 0 Å². The van der Waals surface area contributed by atoms with Crippen molar-refractivity contribution in [1.82, 2.24) is 15.5 Å². The fraction of sp³-hybridized carbons (Fsp3) is 0.485. The highest BCUT2D eigenvalue weighted by molar-refractivity contribution is 6.30. The van der Waals surface area contributed by atoms with Gasteiger partial charge >= 0.3 is 0 Å². The molecule has 1 fully saturated rings. The fourth-order valence-electron chi connectivity index (χ4n) is 3.66. The van der Waals surface area contributed by atoms with Crippen LogP contribution in [0.25, 0.3) is 0 Å². The van der Waals surface area contributed by atoms with E-state index < -0.39 is 17.9 Å². The zero-order valence-corrected chi connectivity index (χ0v) is 27.5. The van der Waals surface area contributed by atoms with Gasteiger partial charge in [0.2, 0.25) is 23.6 Å². The van der Waals surface area contributed by atoms with Gasteiger partial charge in [0, 0.05) is 30.0 Å². The van der Waals surface area contributed by atoms with Crippen molar-refractivity contribution in [3.8, 4) is 0 Å². The van der Waals surface area contributed by atoms with E-state index in [2.05, 4.69) is 30.2 Å². The number of nitrogens with two attached hydrogens (primary N) is 1. The van der Waals surface area contributed by atoms with Gasteiger partial charge in [-0.25, -0.2) is 0 Å². The Morgan fingerprint density at radius 3 is 2.19 bits per heavy atom. The average Bonchev–Trinajstić information content (AvgIpc) is 3.03. The first-order chi connectivity index (χ1) is 20.6. The quantitative estimate of drug-likeness (QED) is 0.209. The molecule has 10 heteroatoms. The van der Waals surface area contributed by atoms with Crippen LogP contribution in [0.2, 0.25) is 5.02 Å². The molecule has 1 aliphatic rings. The fourth-order valence-corrected chi connectivity index (χ4v) is 3.79. The van der Waals surface area contributed by atoms with Crippen molar-refractivity contribution in [2.24, 2.45) is 5.73 Å². The van der Waals surface area contributed by atoms with E-state index in [1.54, 1.807) is 30.3 Å². The topological polar surface area (TPSA) is 139 Å². The average molecular weight is 619 g/mol. The Hall–Kier alpha value is -3.72. The Bertz CT molecular complexity index is 1070. The lowest BCUT2D eigenvalue weighted by molar-refractivity contribution is -0.142. The molecule has 4 amide bonds. The molecule has 1 atom stereocenters. The molecule has 1 aromatic rings. The van der Waals surface area contributed by atoms with Crippen molar-refractivity contribution in [2.75, 3.05) is 19.6 Å². The first kappa shape index (κ1) is 41.4. The predicted molar refractivity (Wildman–Crippen MR) is 176 cm³/mol. The van der Waals surface area contributed by atoms with Crippen LogP contribution in [0, 0.1) is 0 Å². The van der Waals surface area contributed by atoms with Crippen LogP contribution in [0.5, 0.6) is 0 Å². The van der Waals surface area contributed by atoms with Crippen molar-refractivity contribution in [3.05, 3.63) is 71.3 Å². The van der Waals surface area contributed by atoms with Crippen LogP contribution in [0.3, 0.4) is 0 Å². The van der Waals surface area contributed by atoms with Gasteiger partial charge < -0.3 is 21.3 Å². The molecule has 43 heavy (non-hydrogen) atoms. The molecule has 0 aromatic heterocycles. The van der Waals surface area contributed by atoms with Crippen molar-refractivity contribution in [2.45, 2.75) is 86.1 Å². The van der Waals surface area contributed by atoms with Crippen molar-refractivity contribution < 1.29 is 24.0 Å². The number of piperidine rings is 1. The van der Waals surface area contributed by atoms with Crippen LogP contribution in [-0.4, -0.2) is 60.0 Å². The van der Waals surface area contributed by atoms with Gasteiger partial charge in [0.05, 0.1) is 13.1 Å². The Morgan fingerprint density at radius 1 is 1.00 bits per heavy atom. The van der Waals surface area contributed by atoms with Gasteiger partial charge in [-0.2, -0.15) is 0 Å². The third-order valence-electron chi connectivity index (χ3n) is 5.92. The van der Waals surface area contributed by atoms with Crippen LogP contribution in [0.4, 0.5) is 0 Å². The lowest BCUT2D eigenvalue weighted by Gasteiger charge is -2.34. The van der Waals surface area contributed by atoms with Crippen LogP contribution >= 0.6 is 11.6 Å². The summed E-state index contributed by atoms with van der Waals surface area (Å²) in [5.74, 6) is -1.89. The minimum absolute atomic E-state index is 0.0846. The number of benzene rings is 1. The number of ketones is 1. The highest BCUT2D eigenvalue weighted by Crippen LogP contribution is 2.17. The molecular formula is C33H51ClN4O5. The number of halogens is 1. The Balaban J connectivity index is 0. The van der Waals surface area contributed by atoms with Gasteiger partial charge in [0.25, 0.3) is 0 Å². The molecule has 1 unspecified atom stereocenters. The number of hydrogen-bond donors (Lipinski definition) is 3. The summed E-state index contributed by atoms with van der Waals surface area (Å²) in [6.07, 6.45) is 10.5. The Labute approximate surface area is 263 Å². The van der Waals surface area contributed by atoms with Crippen LogP contribution in [0.1, 0.15) is 90.4 Å². The molecule has 9 nitrogen and oxygen atoms in total. The number of Topliss-reactive ketones (excluding diaryl/α,β-unsaturated/α-hetero) is 1. The van der Waals surface area contributed by atoms with Crippen molar-refractivity contribution >= 4 is 41.0 Å². The Kier molecular flexibility index (Phi) is 25.0. The maximum absolute atomic E-state index is 12.5. The van der Waals surface area contributed by atoms with Gasteiger partial charge in [-0.05, 0) is 63.8 Å². The summed E-state index contributed by atoms with van der Waals surface area (Å²) < 4.78 is 0. The molecule has 0 aliphatic carbocycles. The molecular weight excluding hydrogens is 568 g/mol. The number of carbonyl (C=O) groups is 5. The highest BCUT2D eigenvalue weighted by Gasteiger charge is 2.32. The third kappa shape index (κ3) is 19.2. The summed E-state index contributed by atoms with van der Waals surface area (Å²) in [6.45, 7) is 15.5. The number of primary amides is 1. The van der Waals surface area contributed by atoms with E-state index >= 15 is 0 Å². The maximum Gasteiger partial charge on any atom is 0.243 e. The second-order valence-corrected chi connectivity index (χ2v) is 9.41. The summed E-state index contributed by atoms with van der Waals surface area (Å²) in [7, 11) is 0. The largest absolute Gasteiger partial charge is 0.368 e. The van der Waals surface area contributed by atoms with E-state index in [9.17, 15) is 24.0 Å². The predicted octanol–water partition coefficient (Wildman–Crippen LogP) is 5.54. The maximum atomic E-state index is 12.5. The Morgan fingerprint density at radius 2 is 1.63 bits per heavy atom. The molecule has 2 rings (SSSR count). The number of nitrogens with zero attached hydrogens (tertiary/aromatic N) is 1. The molecule has 1 aliphatic heterocycles. The molecule has 0 saturated carbocycles. The first-order valence-electron chi connectivity index (χ1n) is 14.9. The minimum atomic E-state index is -0.686. The normalized spacial score (nSPS) is 14.0. The number of likely N-dealkylation sites (tertiary alicyclic amines) is 1. The minimum Gasteiger partial charge on any atom is -0.368 e. The standard InChI is InChI=1S/C21H27ClN4O5.C8H12.2C2H6/c22-15-9-7-14(8-10-15)17(27)5-3-6-19(29)24-13-20(30)26-11-2-1-4-16(26)21(31)25-12-18(23)28;1-4-6-7-8(3)5-2;2*1-2/h7-10,16H,1-6,11-13H2,(H2,23,28)(H,24,29)(H,25,31);4-7H,1H2,2-3H3;2*1-2H3/b;7-6-,8-5-;;. The van der Waals surface area contributed by atoms with Gasteiger partial charge in [-0.3, -0.25) is 24.0 Å². The summed E-state index contributed by atoms with van der Waals surface area (Å²) in [5.41, 5.74) is 6.84. The molecule has 4 N–H and O–H groups in total. The zero-order valence-electron chi connectivity index (χ0n) is 26.7. The number of rotatable bonds is 12. The van der Waals surface area contributed by atoms with Gasteiger partial charge in [0.15, 0.2) is 5.78 Å². The van der Waals surface area contributed by atoms with E-state index in [1.807, 2.05) is 46.8 Å². The molecule has 1 aromatic carbocycles. The second kappa shape index (κ2) is 25.9. The van der Waals surface area contributed by atoms with Gasteiger partial charge in [-0.1, -0.05) is 75.8 Å². The number of nitrogens with one attached hydrogen (secondary N) is 2. The number of amides is 4. The molecule has 0 radical (unpaired) electrons. The number of hydrogen-bond acceptors (Lipinski definition) is 5. The van der Waals surface area contributed by atoms with Crippen LogP contribution in [-0.2, 0) is 19.2 Å². The van der Waals surface area contributed by atoms with E-state index in [1.165, 1.54) is 10.5 Å². The summed E-state index contributed by atoms with van der Waals surface area (Å²) in [4.78, 5) is 61.2. The van der Waals surface area contributed by atoms with Crippen LogP contribution in [0.15, 0.2) is 60.7 Å². The zero-order chi connectivity index (χ0) is 33.2. The van der Waals surface area contributed by atoms with Crippen LogP contribution < -0.4 is 16.4 Å². The van der Waals surface area contributed by atoms with E-state index in [0.717, 1.165) is 12.8 Å². The summed E-state index contributed by atoms with van der Waals surface area (Å²) in [5, 5.41) is 5.51. The van der Waals surface area contributed by atoms with Crippen molar-refractivity contribution in [3.63, 3.8) is 0 Å². The summed E-state index contributed by atoms with van der Waals surface area (Å²) >= 11 is 5.80. The monoisotopic (exact) mass is 618 g/mol.